The lowest BCUT2D eigenvalue weighted by molar-refractivity contribution is -0.141. The average Bonchev–Trinajstić information content (AvgIpc) is 2.76. The Morgan fingerprint density at radius 3 is 2.06 bits per heavy atom. The molecule has 2 aromatic carbocycles. The van der Waals surface area contributed by atoms with Crippen LogP contribution in [0.15, 0.2) is 60.7 Å². The maximum atomic E-state index is 13.3. The minimum absolute atomic E-state index is 0.0329. The van der Waals surface area contributed by atoms with Crippen LogP contribution in [0.4, 0.5) is 5.69 Å². The van der Waals surface area contributed by atoms with Crippen LogP contribution in [0.2, 0.25) is 0 Å². The number of nitrogens with zero attached hydrogens (tertiary/aromatic N) is 2. The molecule has 0 heterocycles. The molecular weight excluding hydrogens is 438 g/mol. The van der Waals surface area contributed by atoms with Crippen molar-refractivity contribution in [2.45, 2.75) is 58.7 Å². The third kappa shape index (κ3) is 8.20. The molecule has 0 saturated heterocycles. The van der Waals surface area contributed by atoms with Gasteiger partial charge in [0.1, 0.15) is 6.04 Å². The van der Waals surface area contributed by atoms with Crippen molar-refractivity contribution < 1.29 is 18.0 Å². The van der Waals surface area contributed by atoms with Crippen molar-refractivity contribution >= 4 is 27.5 Å². The van der Waals surface area contributed by atoms with E-state index < -0.39 is 16.1 Å². The van der Waals surface area contributed by atoms with Gasteiger partial charge in [-0.25, -0.2) is 8.42 Å². The Labute approximate surface area is 197 Å². The van der Waals surface area contributed by atoms with Crippen LogP contribution in [0.5, 0.6) is 0 Å². The fraction of sp³-hybridized carbons (Fsp3) is 0.440. The SMILES string of the molecule is CCC(C(=O)NC(C)C)N(Cc1ccccc1)C(=O)CCCN(c1ccccc1)S(C)(=O)=O. The topological polar surface area (TPSA) is 86.8 Å². The number of nitrogens with one attached hydrogen (secondary N) is 1. The van der Waals surface area contributed by atoms with Gasteiger partial charge in [0, 0.05) is 25.6 Å². The summed E-state index contributed by atoms with van der Waals surface area (Å²) in [5.74, 6) is -0.357. The van der Waals surface area contributed by atoms with Crippen LogP contribution in [0.3, 0.4) is 0 Å². The number of rotatable bonds is 12. The van der Waals surface area contributed by atoms with Gasteiger partial charge in [-0.2, -0.15) is 0 Å². The van der Waals surface area contributed by atoms with Gasteiger partial charge in [0.05, 0.1) is 11.9 Å². The molecule has 2 amide bonds. The maximum absolute atomic E-state index is 13.3. The minimum atomic E-state index is -3.49. The molecule has 7 nitrogen and oxygen atoms in total. The van der Waals surface area contributed by atoms with Gasteiger partial charge in [0.25, 0.3) is 0 Å². The zero-order valence-corrected chi connectivity index (χ0v) is 20.7. The van der Waals surface area contributed by atoms with Gasteiger partial charge in [0.15, 0.2) is 0 Å². The molecule has 2 aromatic rings. The van der Waals surface area contributed by atoms with Crippen molar-refractivity contribution in [1.82, 2.24) is 10.2 Å². The van der Waals surface area contributed by atoms with Crippen LogP contribution in [-0.2, 0) is 26.2 Å². The van der Waals surface area contributed by atoms with Crippen molar-refractivity contribution in [3.63, 3.8) is 0 Å². The second kappa shape index (κ2) is 12.4. The standard InChI is InChI=1S/C25H35N3O4S/c1-5-23(25(30)26-20(2)3)27(19-21-13-8-6-9-14-21)24(29)17-12-18-28(33(4,31)32)22-15-10-7-11-16-22/h6-11,13-16,20,23H,5,12,17-19H2,1-4H3,(H,26,30). The average molecular weight is 474 g/mol. The molecule has 0 aliphatic carbocycles. The van der Waals surface area contributed by atoms with Crippen LogP contribution in [-0.4, -0.2) is 50.0 Å². The highest BCUT2D eigenvalue weighted by atomic mass is 32.2. The monoisotopic (exact) mass is 473 g/mol. The lowest BCUT2D eigenvalue weighted by Crippen LogP contribution is -2.50. The first-order valence-corrected chi connectivity index (χ1v) is 13.1. The Bertz CT molecular complexity index is 995. The number of amides is 2. The van der Waals surface area contributed by atoms with E-state index in [9.17, 15) is 18.0 Å². The van der Waals surface area contributed by atoms with E-state index in [0.717, 1.165) is 11.8 Å². The molecule has 0 bridgehead atoms. The van der Waals surface area contributed by atoms with E-state index in [1.165, 1.54) is 4.31 Å². The first-order chi connectivity index (χ1) is 15.6. The highest BCUT2D eigenvalue weighted by Gasteiger charge is 2.29. The summed E-state index contributed by atoms with van der Waals surface area (Å²) >= 11 is 0. The molecule has 180 valence electrons. The fourth-order valence-corrected chi connectivity index (χ4v) is 4.64. The molecule has 1 N–H and O–H groups in total. The van der Waals surface area contributed by atoms with E-state index in [0.29, 0.717) is 25.1 Å². The van der Waals surface area contributed by atoms with E-state index in [2.05, 4.69) is 5.32 Å². The normalized spacial score (nSPS) is 12.3. The number of hydrogen-bond acceptors (Lipinski definition) is 4. The summed E-state index contributed by atoms with van der Waals surface area (Å²) in [5.41, 5.74) is 1.50. The molecule has 0 saturated carbocycles. The quantitative estimate of drug-likeness (QED) is 0.511. The molecule has 0 fully saturated rings. The molecule has 1 unspecified atom stereocenters. The van der Waals surface area contributed by atoms with Crippen molar-refractivity contribution in [1.29, 1.82) is 0 Å². The molecule has 33 heavy (non-hydrogen) atoms. The lowest BCUT2D eigenvalue weighted by Gasteiger charge is -2.31. The highest BCUT2D eigenvalue weighted by molar-refractivity contribution is 7.92. The number of benzene rings is 2. The Morgan fingerprint density at radius 2 is 1.55 bits per heavy atom. The van der Waals surface area contributed by atoms with Gasteiger partial charge in [0.2, 0.25) is 21.8 Å². The Hall–Kier alpha value is -2.87. The lowest BCUT2D eigenvalue weighted by atomic mass is 10.1. The van der Waals surface area contributed by atoms with Crippen LogP contribution in [0.1, 0.15) is 45.6 Å². The second-order valence-electron chi connectivity index (χ2n) is 8.37. The van der Waals surface area contributed by atoms with E-state index in [1.54, 1.807) is 29.2 Å². The number of carbonyl (C=O) groups excluding carboxylic acids is 2. The van der Waals surface area contributed by atoms with Gasteiger partial charge in [-0.05, 0) is 44.4 Å². The first kappa shape index (κ1) is 26.4. The van der Waals surface area contributed by atoms with E-state index in [-0.39, 0.29) is 30.8 Å². The van der Waals surface area contributed by atoms with E-state index in [4.69, 9.17) is 0 Å². The predicted molar refractivity (Wildman–Crippen MR) is 132 cm³/mol. The third-order valence-corrected chi connectivity index (χ3v) is 6.40. The second-order valence-corrected chi connectivity index (χ2v) is 10.3. The van der Waals surface area contributed by atoms with Gasteiger partial charge in [-0.1, -0.05) is 55.5 Å². The summed E-state index contributed by atoms with van der Waals surface area (Å²) in [5, 5.41) is 2.91. The summed E-state index contributed by atoms with van der Waals surface area (Å²) in [6.07, 6.45) is 2.12. The minimum Gasteiger partial charge on any atom is -0.352 e. The van der Waals surface area contributed by atoms with E-state index >= 15 is 0 Å². The molecule has 0 aliphatic heterocycles. The Balaban J connectivity index is 2.17. The zero-order valence-electron chi connectivity index (χ0n) is 19.9. The smallest absolute Gasteiger partial charge is 0.243 e. The maximum Gasteiger partial charge on any atom is 0.243 e. The fourth-order valence-electron chi connectivity index (χ4n) is 3.68. The summed E-state index contributed by atoms with van der Waals surface area (Å²) in [6, 6.07) is 17.8. The van der Waals surface area contributed by atoms with Crippen molar-refractivity contribution in [3.05, 3.63) is 66.2 Å². The summed E-state index contributed by atoms with van der Waals surface area (Å²) in [6.45, 7) is 6.16. The Kier molecular flexibility index (Phi) is 9.91. The molecule has 0 radical (unpaired) electrons. The van der Waals surface area contributed by atoms with Gasteiger partial charge < -0.3 is 10.2 Å². The molecule has 0 aliphatic rings. The number of carbonyl (C=O) groups is 2. The highest BCUT2D eigenvalue weighted by Crippen LogP contribution is 2.19. The van der Waals surface area contributed by atoms with E-state index in [1.807, 2.05) is 57.2 Å². The first-order valence-electron chi connectivity index (χ1n) is 11.3. The molecule has 8 heteroatoms. The number of hydrogen-bond donors (Lipinski definition) is 1. The summed E-state index contributed by atoms with van der Waals surface area (Å²) in [7, 11) is -3.49. The molecule has 1 atom stereocenters. The zero-order chi connectivity index (χ0) is 24.4. The molecule has 2 rings (SSSR count). The number of para-hydroxylation sites is 1. The summed E-state index contributed by atoms with van der Waals surface area (Å²) in [4.78, 5) is 27.7. The van der Waals surface area contributed by atoms with Crippen LogP contribution in [0, 0.1) is 0 Å². The van der Waals surface area contributed by atoms with Crippen LogP contribution in [0.25, 0.3) is 0 Å². The Morgan fingerprint density at radius 1 is 0.970 bits per heavy atom. The van der Waals surface area contributed by atoms with Crippen molar-refractivity contribution in [2.24, 2.45) is 0 Å². The summed E-state index contributed by atoms with van der Waals surface area (Å²) < 4.78 is 25.9. The largest absolute Gasteiger partial charge is 0.352 e. The van der Waals surface area contributed by atoms with Crippen LogP contribution < -0.4 is 9.62 Å². The van der Waals surface area contributed by atoms with Gasteiger partial charge in [-0.3, -0.25) is 13.9 Å². The number of anilines is 1. The van der Waals surface area contributed by atoms with Crippen LogP contribution >= 0.6 is 0 Å². The molecule has 0 spiro atoms. The third-order valence-electron chi connectivity index (χ3n) is 5.21. The van der Waals surface area contributed by atoms with Gasteiger partial charge >= 0.3 is 0 Å². The number of sulfonamides is 1. The molecular formula is C25H35N3O4S. The predicted octanol–water partition coefficient (Wildman–Crippen LogP) is 3.56. The van der Waals surface area contributed by atoms with Crippen molar-refractivity contribution in [3.8, 4) is 0 Å². The molecule has 0 aromatic heterocycles. The van der Waals surface area contributed by atoms with Gasteiger partial charge in [-0.15, -0.1) is 0 Å². The van der Waals surface area contributed by atoms with Crippen molar-refractivity contribution in [2.75, 3.05) is 17.1 Å².